The molecule has 3 rings (SSSR count). The van der Waals surface area contributed by atoms with Crippen molar-refractivity contribution in [2.45, 2.75) is 25.8 Å². The van der Waals surface area contributed by atoms with Crippen LogP contribution >= 0.6 is 23.2 Å². The first-order valence-electron chi connectivity index (χ1n) is 9.73. The van der Waals surface area contributed by atoms with Gasteiger partial charge >= 0.3 is 0 Å². The summed E-state index contributed by atoms with van der Waals surface area (Å²) >= 11 is 12.2. The van der Waals surface area contributed by atoms with Crippen LogP contribution in [0.4, 0.5) is 11.4 Å². The summed E-state index contributed by atoms with van der Waals surface area (Å²) in [4.78, 5) is 15.0. The molecule has 2 aromatic carbocycles. The summed E-state index contributed by atoms with van der Waals surface area (Å²) in [6.45, 7) is 3.60. The molecule has 1 N–H and O–H groups in total. The Morgan fingerprint density at radius 3 is 2.37 bits per heavy atom. The van der Waals surface area contributed by atoms with E-state index in [-0.39, 0.29) is 21.8 Å². The van der Waals surface area contributed by atoms with E-state index in [9.17, 15) is 13.2 Å². The van der Waals surface area contributed by atoms with E-state index in [1.807, 2.05) is 19.1 Å². The minimum Gasteiger partial charge on any atom is -0.372 e. The van der Waals surface area contributed by atoms with E-state index < -0.39 is 22.5 Å². The molecule has 6 nitrogen and oxygen atoms in total. The lowest BCUT2D eigenvalue weighted by atomic mass is 10.1. The van der Waals surface area contributed by atoms with Crippen LogP contribution in [0.2, 0.25) is 10.0 Å². The molecule has 1 saturated heterocycles. The smallest absolute Gasteiger partial charge is 0.241 e. The molecule has 0 spiro atoms. The average Bonchev–Trinajstić information content (AvgIpc) is 3.23. The van der Waals surface area contributed by atoms with Crippen LogP contribution in [0.5, 0.6) is 0 Å². The van der Waals surface area contributed by atoms with Gasteiger partial charge in [-0.25, -0.2) is 8.42 Å². The second kappa shape index (κ2) is 9.45. The third-order valence-electron chi connectivity index (χ3n) is 5.13. The van der Waals surface area contributed by atoms with E-state index >= 15 is 0 Å². The molecule has 162 valence electrons. The predicted octanol–water partition coefficient (Wildman–Crippen LogP) is 4.24. The average molecular weight is 470 g/mol. The van der Waals surface area contributed by atoms with E-state index in [4.69, 9.17) is 23.2 Å². The first-order valence-corrected chi connectivity index (χ1v) is 12.3. The lowest BCUT2D eigenvalue weighted by molar-refractivity contribution is -0.120. The molecule has 1 aliphatic heterocycles. The first kappa shape index (κ1) is 22.7. The van der Waals surface area contributed by atoms with Crippen molar-refractivity contribution in [1.29, 1.82) is 0 Å². The van der Waals surface area contributed by atoms with Gasteiger partial charge in [-0.15, -0.1) is 0 Å². The molecule has 2 aromatic rings. The van der Waals surface area contributed by atoms with Gasteiger partial charge in [-0.05, 0) is 49.6 Å². The molecule has 1 aliphatic rings. The maximum Gasteiger partial charge on any atom is 0.241 e. The quantitative estimate of drug-likeness (QED) is 0.658. The number of carbonyl (C=O) groups excluding carboxylic acids is 1. The number of amides is 1. The molecule has 0 radical (unpaired) electrons. The van der Waals surface area contributed by atoms with Gasteiger partial charge in [0.05, 0.1) is 28.0 Å². The fourth-order valence-corrected chi connectivity index (χ4v) is 4.83. The Hall–Kier alpha value is -1.96. The highest BCUT2D eigenvalue weighted by molar-refractivity contribution is 7.92. The Bertz CT molecular complexity index is 1010. The van der Waals surface area contributed by atoms with Crippen LogP contribution in [0.3, 0.4) is 0 Å². The molecule has 1 amide bonds. The monoisotopic (exact) mass is 469 g/mol. The van der Waals surface area contributed by atoms with Crippen LogP contribution in [-0.2, 0) is 14.8 Å². The Morgan fingerprint density at radius 1 is 1.13 bits per heavy atom. The van der Waals surface area contributed by atoms with Crippen molar-refractivity contribution in [1.82, 2.24) is 5.32 Å². The van der Waals surface area contributed by atoms with Crippen molar-refractivity contribution in [3.8, 4) is 0 Å². The summed E-state index contributed by atoms with van der Waals surface area (Å²) in [6, 6.07) is 12.5. The molecule has 0 bridgehead atoms. The van der Waals surface area contributed by atoms with Crippen LogP contribution in [0.1, 0.15) is 31.4 Å². The number of carbonyl (C=O) groups is 1. The zero-order chi connectivity index (χ0) is 21.9. The van der Waals surface area contributed by atoms with Gasteiger partial charge in [0.2, 0.25) is 15.9 Å². The maximum atomic E-state index is 12.6. The van der Waals surface area contributed by atoms with Crippen molar-refractivity contribution in [2.75, 3.05) is 35.1 Å². The highest BCUT2D eigenvalue weighted by atomic mass is 35.5. The molecule has 30 heavy (non-hydrogen) atoms. The third kappa shape index (κ3) is 5.39. The van der Waals surface area contributed by atoms with Crippen LogP contribution < -0.4 is 14.5 Å². The van der Waals surface area contributed by atoms with E-state index in [1.54, 1.807) is 12.1 Å². The van der Waals surface area contributed by atoms with Gasteiger partial charge in [-0.3, -0.25) is 9.10 Å². The summed E-state index contributed by atoms with van der Waals surface area (Å²) < 4.78 is 25.5. The lowest BCUT2D eigenvalue weighted by Crippen LogP contribution is -2.41. The van der Waals surface area contributed by atoms with E-state index in [0.717, 1.165) is 29.2 Å². The van der Waals surface area contributed by atoms with Gasteiger partial charge in [-0.1, -0.05) is 41.4 Å². The number of nitrogens with one attached hydrogen (secondary N) is 1. The fourth-order valence-electron chi connectivity index (χ4n) is 3.52. The number of anilines is 2. The van der Waals surface area contributed by atoms with Crippen LogP contribution in [0.15, 0.2) is 42.5 Å². The number of sulfonamides is 1. The zero-order valence-corrected chi connectivity index (χ0v) is 19.3. The van der Waals surface area contributed by atoms with Gasteiger partial charge in [0.25, 0.3) is 0 Å². The number of halogens is 2. The predicted molar refractivity (Wildman–Crippen MR) is 123 cm³/mol. The zero-order valence-electron chi connectivity index (χ0n) is 16.9. The summed E-state index contributed by atoms with van der Waals surface area (Å²) in [7, 11) is -3.74. The van der Waals surface area contributed by atoms with Gasteiger partial charge in [0.1, 0.15) is 6.54 Å². The van der Waals surface area contributed by atoms with Gasteiger partial charge in [0, 0.05) is 18.8 Å². The van der Waals surface area contributed by atoms with Crippen LogP contribution in [0.25, 0.3) is 0 Å². The molecule has 0 aliphatic carbocycles. The standard InChI is InChI=1S/C21H25Cl2N3O3S/c1-15(16-8-10-17(11-9-16)25-12-3-4-13-25)24-20(27)14-26(30(2,28)29)19-7-5-6-18(22)21(19)23/h5-11,15H,3-4,12-14H2,1-2H3,(H,24,27). The highest BCUT2D eigenvalue weighted by Crippen LogP contribution is 2.33. The lowest BCUT2D eigenvalue weighted by Gasteiger charge is -2.24. The topological polar surface area (TPSA) is 69.7 Å². The van der Waals surface area contributed by atoms with Crippen molar-refractivity contribution in [2.24, 2.45) is 0 Å². The molecule has 1 heterocycles. The van der Waals surface area contributed by atoms with E-state index in [2.05, 4.69) is 22.3 Å². The van der Waals surface area contributed by atoms with Gasteiger partial charge in [-0.2, -0.15) is 0 Å². The molecular weight excluding hydrogens is 445 g/mol. The summed E-state index contributed by atoms with van der Waals surface area (Å²) in [5.74, 6) is -0.437. The minimum atomic E-state index is -3.74. The molecule has 1 atom stereocenters. The van der Waals surface area contributed by atoms with E-state index in [0.29, 0.717) is 0 Å². The van der Waals surface area contributed by atoms with Crippen molar-refractivity contribution in [3.63, 3.8) is 0 Å². The SMILES string of the molecule is CC(NC(=O)CN(c1cccc(Cl)c1Cl)S(C)(=O)=O)c1ccc(N2CCCC2)cc1. The Morgan fingerprint density at radius 2 is 1.77 bits per heavy atom. The number of benzene rings is 2. The Labute approximate surface area is 187 Å². The molecule has 0 aromatic heterocycles. The maximum absolute atomic E-state index is 12.6. The molecule has 0 saturated carbocycles. The van der Waals surface area contributed by atoms with Crippen LogP contribution in [0, 0.1) is 0 Å². The molecular formula is C21H25Cl2N3O3S. The molecule has 9 heteroatoms. The first-order chi connectivity index (χ1) is 14.2. The van der Waals surface area contributed by atoms with Crippen molar-refractivity contribution < 1.29 is 13.2 Å². The second-order valence-electron chi connectivity index (χ2n) is 7.42. The number of hydrogen-bond acceptors (Lipinski definition) is 4. The third-order valence-corrected chi connectivity index (χ3v) is 7.06. The second-order valence-corrected chi connectivity index (χ2v) is 10.1. The number of nitrogens with zero attached hydrogens (tertiary/aromatic N) is 2. The van der Waals surface area contributed by atoms with Crippen molar-refractivity contribution in [3.05, 3.63) is 58.1 Å². The van der Waals surface area contributed by atoms with Crippen molar-refractivity contribution >= 4 is 50.5 Å². The molecule has 1 unspecified atom stereocenters. The minimum absolute atomic E-state index is 0.0861. The highest BCUT2D eigenvalue weighted by Gasteiger charge is 2.24. The summed E-state index contributed by atoms with van der Waals surface area (Å²) in [6.07, 6.45) is 3.45. The molecule has 1 fully saturated rings. The number of rotatable bonds is 7. The van der Waals surface area contributed by atoms with Crippen LogP contribution in [-0.4, -0.2) is 40.2 Å². The number of hydrogen-bond donors (Lipinski definition) is 1. The van der Waals surface area contributed by atoms with Gasteiger partial charge < -0.3 is 10.2 Å². The van der Waals surface area contributed by atoms with E-state index in [1.165, 1.54) is 24.6 Å². The normalized spacial score (nSPS) is 15.1. The summed E-state index contributed by atoms with van der Waals surface area (Å²) in [5.41, 5.74) is 2.29. The Balaban J connectivity index is 1.70. The summed E-state index contributed by atoms with van der Waals surface area (Å²) in [5, 5.41) is 3.16. The Kier molecular flexibility index (Phi) is 7.16. The largest absolute Gasteiger partial charge is 0.372 e. The fraction of sp³-hybridized carbons (Fsp3) is 0.381. The van der Waals surface area contributed by atoms with Gasteiger partial charge in [0.15, 0.2) is 0 Å².